The summed E-state index contributed by atoms with van der Waals surface area (Å²) in [5.41, 5.74) is 1.13. The van der Waals surface area contributed by atoms with Crippen LogP contribution < -0.4 is 0 Å². The third-order valence-electron chi connectivity index (χ3n) is 2.95. The molecule has 1 fully saturated rings. The van der Waals surface area contributed by atoms with Gasteiger partial charge in [-0.15, -0.1) is 11.3 Å². The molecule has 82 valence electrons. The zero-order valence-electron chi connectivity index (χ0n) is 9.50. The molecule has 1 aliphatic heterocycles. The van der Waals surface area contributed by atoms with Crippen LogP contribution in [-0.4, -0.2) is 22.3 Å². The maximum atomic E-state index is 7.87. The molecular formula is C11H17N3S. The Balaban J connectivity index is 2.23. The van der Waals surface area contributed by atoms with Crippen molar-refractivity contribution in [3.8, 4) is 0 Å². The van der Waals surface area contributed by atoms with Gasteiger partial charge in [-0.1, -0.05) is 0 Å². The van der Waals surface area contributed by atoms with E-state index in [9.17, 15) is 0 Å². The monoisotopic (exact) mass is 223 g/mol. The van der Waals surface area contributed by atoms with Gasteiger partial charge in [-0.2, -0.15) is 0 Å². The summed E-state index contributed by atoms with van der Waals surface area (Å²) in [6.07, 6.45) is 2.06. The van der Waals surface area contributed by atoms with Crippen LogP contribution >= 0.6 is 11.3 Å². The number of aryl methyl sites for hydroxylation is 2. The number of thiazole rings is 1. The highest BCUT2D eigenvalue weighted by molar-refractivity contribution is 7.11. The van der Waals surface area contributed by atoms with Gasteiger partial charge in [0.15, 0.2) is 0 Å². The van der Waals surface area contributed by atoms with Crippen LogP contribution in [0.4, 0.5) is 0 Å². The van der Waals surface area contributed by atoms with Gasteiger partial charge in [0.2, 0.25) is 0 Å². The van der Waals surface area contributed by atoms with Crippen molar-refractivity contribution in [2.45, 2.75) is 39.7 Å². The Morgan fingerprint density at radius 2 is 2.20 bits per heavy atom. The van der Waals surface area contributed by atoms with E-state index >= 15 is 0 Å². The quantitative estimate of drug-likeness (QED) is 0.837. The van der Waals surface area contributed by atoms with Gasteiger partial charge < -0.3 is 4.90 Å². The number of nitrogens with one attached hydrogen (secondary N) is 1. The van der Waals surface area contributed by atoms with Crippen molar-refractivity contribution >= 4 is 17.2 Å². The van der Waals surface area contributed by atoms with E-state index in [-0.39, 0.29) is 0 Å². The molecule has 1 N–H and O–H groups in total. The fraction of sp³-hybridized carbons (Fsp3) is 0.636. The average Bonchev–Trinajstić information content (AvgIpc) is 2.71. The molecule has 0 saturated carbocycles. The van der Waals surface area contributed by atoms with Gasteiger partial charge in [0, 0.05) is 17.8 Å². The van der Waals surface area contributed by atoms with E-state index in [4.69, 9.17) is 5.41 Å². The second kappa shape index (κ2) is 3.93. The van der Waals surface area contributed by atoms with Crippen molar-refractivity contribution in [2.75, 3.05) is 6.54 Å². The lowest BCUT2D eigenvalue weighted by atomic mass is 10.2. The lowest BCUT2D eigenvalue weighted by Gasteiger charge is -2.25. The molecule has 0 spiro atoms. The smallest absolute Gasteiger partial charge is 0.0963 e. The van der Waals surface area contributed by atoms with Gasteiger partial charge in [-0.05, 0) is 27.2 Å². The molecule has 0 aliphatic carbocycles. The summed E-state index contributed by atoms with van der Waals surface area (Å²) in [5, 5.41) is 9.00. The SMILES string of the molecule is Cc1nc(C)c(C(C)N2CCCC2=N)s1. The highest BCUT2D eigenvalue weighted by Gasteiger charge is 2.25. The molecule has 0 radical (unpaired) electrons. The Hall–Kier alpha value is -0.900. The molecule has 1 unspecified atom stereocenters. The number of amidine groups is 1. The molecule has 1 saturated heterocycles. The molecule has 1 aromatic rings. The number of rotatable bonds is 2. The zero-order chi connectivity index (χ0) is 11.0. The van der Waals surface area contributed by atoms with E-state index in [0.29, 0.717) is 6.04 Å². The largest absolute Gasteiger partial charge is 0.353 e. The van der Waals surface area contributed by atoms with E-state index < -0.39 is 0 Å². The highest BCUT2D eigenvalue weighted by Crippen LogP contribution is 2.31. The van der Waals surface area contributed by atoms with E-state index in [0.717, 1.165) is 35.9 Å². The molecule has 3 nitrogen and oxygen atoms in total. The molecule has 4 heteroatoms. The van der Waals surface area contributed by atoms with Crippen molar-refractivity contribution in [3.63, 3.8) is 0 Å². The van der Waals surface area contributed by atoms with Crippen LogP contribution in [0.2, 0.25) is 0 Å². The Morgan fingerprint density at radius 3 is 2.67 bits per heavy atom. The summed E-state index contributed by atoms with van der Waals surface area (Å²) in [5.74, 6) is 0.785. The van der Waals surface area contributed by atoms with Gasteiger partial charge in [-0.3, -0.25) is 5.41 Å². The number of likely N-dealkylation sites (tertiary alicyclic amines) is 1. The zero-order valence-corrected chi connectivity index (χ0v) is 10.3. The van der Waals surface area contributed by atoms with E-state index in [1.807, 2.05) is 6.92 Å². The van der Waals surface area contributed by atoms with Gasteiger partial charge in [-0.25, -0.2) is 4.98 Å². The predicted molar refractivity (Wildman–Crippen MR) is 63.7 cm³/mol. The Kier molecular flexibility index (Phi) is 2.78. The van der Waals surface area contributed by atoms with Gasteiger partial charge in [0.25, 0.3) is 0 Å². The molecule has 0 amide bonds. The van der Waals surface area contributed by atoms with Crippen LogP contribution in [-0.2, 0) is 0 Å². The van der Waals surface area contributed by atoms with E-state index in [2.05, 4.69) is 23.7 Å². The van der Waals surface area contributed by atoms with Crippen LogP contribution in [0, 0.1) is 19.3 Å². The summed E-state index contributed by atoms with van der Waals surface area (Å²) in [6.45, 7) is 7.31. The lowest BCUT2D eigenvalue weighted by molar-refractivity contribution is 0.365. The number of aromatic nitrogens is 1. The lowest BCUT2D eigenvalue weighted by Crippen LogP contribution is -2.27. The number of hydrogen-bond acceptors (Lipinski definition) is 3. The first-order valence-electron chi connectivity index (χ1n) is 5.37. The predicted octanol–water partition coefficient (Wildman–Crippen LogP) is 2.89. The third kappa shape index (κ3) is 1.91. The molecule has 1 atom stereocenters. The third-order valence-corrected chi connectivity index (χ3v) is 4.19. The van der Waals surface area contributed by atoms with Crippen molar-refractivity contribution < 1.29 is 0 Å². The van der Waals surface area contributed by atoms with Crippen molar-refractivity contribution in [1.29, 1.82) is 5.41 Å². The molecular weight excluding hydrogens is 206 g/mol. The summed E-state index contributed by atoms with van der Waals surface area (Å²) in [7, 11) is 0. The van der Waals surface area contributed by atoms with Gasteiger partial charge in [0.05, 0.1) is 22.6 Å². The number of hydrogen-bond donors (Lipinski definition) is 1. The minimum Gasteiger partial charge on any atom is -0.353 e. The van der Waals surface area contributed by atoms with Gasteiger partial charge in [0.1, 0.15) is 0 Å². The summed E-state index contributed by atoms with van der Waals surface area (Å²) in [4.78, 5) is 7.96. The topological polar surface area (TPSA) is 40.0 Å². The van der Waals surface area contributed by atoms with E-state index in [1.165, 1.54) is 4.88 Å². The second-order valence-corrected chi connectivity index (χ2v) is 5.34. The number of nitrogens with zero attached hydrogens (tertiary/aromatic N) is 2. The second-order valence-electron chi connectivity index (χ2n) is 4.10. The minimum atomic E-state index is 0.325. The van der Waals surface area contributed by atoms with Crippen molar-refractivity contribution in [2.24, 2.45) is 0 Å². The molecule has 1 aliphatic rings. The first-order chi connectivity index (χ1) is 7.09. The van der Waals surface area contributed by atoms with E-state index in [1.54, 1.807) is 11.3 Å². The maximum absolute atomic E-state index is 7.87. The maximum Gasteiger partial charge on any atom is 0.0963 e. The molecule has 0 aromatic carbocycles. The first kappa shape index (κ1) is 10.6. The van der Waals surface area contributed by atoms with Crippen LogP contribution in [0.1, 0.15) is 41.4 Å². The van der Waals surface area contributed by atoms with Crippen molar-refractivity contribution in [3.05, 3.63) is 15.6 Å². The fourth-order valence-corrected chi connectivity index (χ4v) is 3.19. The van der Waals surface area contributed by atoms with Crippen molar-refractivity contribution in [1.82, 2.24) is 9.88 Å². The summed E-state index contributed by atoms with van der Waals surface area (Å²) in [6, 6.07) is 0.325. The summed E-state index contributed by atoms with van der Waals surface area (Å²) >= 11 is 1.76. The Morgan fingerprint density at radius 1 is 1.47 bits per heavy atom. The molecule has 2 rings (SSSR count). The normalized spacial score (nSPS) is 18.6. The molecule has 15 heavy (non-hydrogen) atoms. The standard InChI is InChI=1S/C11H17N3S/c1-7-11(15-9(3)13-7)8(2)14-6-4-5-10(14)12/h8,12H,4-6H2,1-3H3. The van der Waals surface area contributed by atoms with Crippen LogP contribution in [0.5, 0.6) is 0 Å². The van der Waals surface area contributed by atoms with Crippen LogP contribution in [0.15, 0.2) is 0 Å². The first-order valence-corrected chi connectivity index (χ1v) is 6.19. The minimum absolute atomic E-state index is 0.325. The molecule has 1 aromatic heterocycles. The summed E-state index contributed by atoms with van der Waals surface area (Å²) < 4.78 is 0. The molecule has 0 bridgehead atoms. The average molecular weight is 223 g/mol. The Bertz CT molecular complexity index is 383. The molecule has 2 heterocycles. The fourth-order valence-electron chi connectivity index (χ4n) is 2.20. The highest BCUT2D eigenvalue weighted by atomic mass is 32.1. The van der Waals surface area contributed by atoms with Crippen LogP contribution in [0.3, 0.4) is 0 Å². The van der Waals surface area contributed by atoms with Gasteiger partial charge >= 0.3 is 0 Å². The Labute approximate surface area is 94.7 Å². The van der Waals surface area contributed by atoms with Crippen LogP contribution in [0.25, 0.3) is 0 Å².